The average molecular weight is 174 g/mol. The minimum absolute atomic E-state index is 0.223. The molecule has 0 spiro atoms. The Labute approximate surface area is 79.2 Å². The number of hydrogen-bond donors (Lipinski definition) is 0. The van der Waals surface area contributed by atoms with Crippen LogP contribution in [0.4, 0.5) is 0 Å². The first-order valence-corrected chi connectivity index (χ1v) is 4.36. The minimum atomic E-state index is 0.223. The normalized spacial score (nSPS) is 10.9. The van der Waals surface area contributed by atoms with Gasteiger partial charge < -0.3 is 0 Å². The van der Waals surface area contributed by atoms with Gasteiger partial charge in [0, 0.05) is 11.9 Å². The standard InChI is InChI=1S/C11H14N2/c1-11(2,3)7-10-6-9(8-12)4-5-13-10/h4-6H,7H2,1-3H3. The monoisotopic (exact) mass is 174 g/mol. The maximum absolute atomic E-state index is 8.68. The average Bonchev–Trinajstić information content (AvgIpc) is 2.01. The van der Waals surface area contributed by atoms with Gasteiger partial charge >= 0.3 is 0 Å². The van der Waals surface area contributed by atoms with Crippen LogP contribution in [0.3, 0.4) is 0 Å². The lowest BCUT2D eigenvalue weighted by molar-refractivity contribution is 0.406. The van der Waals surface area contributed by atoms with Crippen molar-refractivity contribution in [2.45, 2.75) is 27.2 Å². The summed E-state index contributed by atoms with van der Waals surface area (Å²) >= 11 is 0. The van der Waals surface area contributed by atoms with Crippen LogP contribution in [0, 0.1) is 16.7 Å². The van der Waals surface area contributed by atoms with E-state index in [4.69, 9.17) is 5.26 Å². The third-order valence-electron chi connectivity index (χ3n) is 1.66. The third-order valence-corrected chi connectivity index (χ3v) is 1.66. The maximum atomic E-state index is 8.68. The molecule has 2 heteroatoms. The number of nitrogens with zero attached hydrogens (tertiary/aromatic N) is 2. The van der Waals surface area contributed by atoms with Crippen molar-refractivity contribution in [1.82, 2.24) is 4.98 Å². The van der Waals surface area contributed by atoms with E-state index in [2.05, 4.69) is 31.8 Å². The summed E-state index contributed by atoms with van der Waals surface area (Å²) in [5.41, 5.74) is 1.90. The molecule has 0 unspecified atom stereocenters. The molecular weight excluding hydrogens is 160 g/mol. The molecule has 1 aromatic rings. The van der Waals surface area contributed by atoms with Crippen molar-refractivity contribution in [3.05, 3.63) is 29.6 Å². The summed E-state index contributed by atoms with van der Waals surface area (Å²) < 4.78 is 0. The van der Waals surface area contributed by atoms with Crippen molar-refractivity contribution < 1.29 is 0 Å². The van der Waals surface area contributed by atoms with E-state index in [0.29, 0.717) is 5.56 Å². The highest BCUT2D eigenvalue weighted by Gasteiger charge is 2.12. The van der Waals surface area contributed by atoms with Crippen LogP contribution in [0.15, 0.2) is 18.3 Å². The predicted molar refractivity (Wildman–Crippen MR) is 52.1 cm³/mol. The van der Waals surface area contributed by atoms with Gasteiger partial charge in [0.1, 0.15) is 0 Å². The minimum Gasteiger partial charge on any atom is -0.261 e. The van der Waals surface area contributed by atoms with Gasteiger partial charge in [0.2, 0.25) is 0 Å². The van der Waals surface area contributed by atoms with E-state index >= 15 is 0 Å². The zero-order valence-corrected chi connectivity index (χ0v) is 8.33. The molecule has 1 heterocycles. The topological polar surface area (TPSA) is 36.7 Å². The van der Waals surface area contributed by atoms with Gasteiger partial charge in [-0.1, -0.05) is 20.8 Å². The highest BCUT2D eigenvalue weighted by molar-refractivity contribution is 5.28. The second-order valence-electron chi connectivity index (χ2n) is 4.39. The number of aromatic nitrogens is 1. The fourth-order valence-electron chi connectivity index (χ4n) is 1.19. The van der Waals surface area contributed by atoms with Crippen molar-refractivity contribution >= 4 is 0 Å². The van der Waals surface area contributed by atoms with Gasteiger partial charge in [-0.25, -0.2) is 0 Å². The highest BCUT2D eigenvalue weighted by Crippen LogP contribution is 2.19. The van der Waals surface area contributed by atoms with Gasteiger partial charge in [-0.05, 0) is 24.0 Å². The Morgan fingerprint density at radius 3 is 2.69 bits per heavy atom. The van der Waals surface area contributed by atoms with Crippen molar-refractivity contribution in [2.24, 2.45) is 5.41 Å². The molecule has 0 aliphatic carbocycles. The fourth-order valence-corrected chi connectivity index (χ4v) is 1.19. The smallest absolute Gasteiger partial charge is 0.0992 e. The molecule has 1 aromatic heterocycles. The number of nitriles is 1. The molecule has 0 saturated heterocycles. The SMILES string of the molecule is CC(C)(C)Cc1cc(C#N)ccn1. The summed E-state index contributed by atoms with van der Waals surface area (Å²) in [6.45, 7) is 6.48. The Bertz CT molecular complexity index is 329. The molecule has 68 valence electrons. The van der Waals surface area contributed by atoms with Crippen LogP contribution < -0.4 is 0 Å². The molecule has 0 fully saturated rings. The van der Waals surface area contributed by atoms with E-state index < -0.39 is 0 Å². The molecule has 0 radical (unpaired) electrons. The number of rotatable bonds is 1. The Hall–Kier alpha value is -1.36. The van der Waals surface area contributed by atoms with Gasteiger partial charge in [-0.2, -0.15) is 5.26 Å². The largest absolute Gasteiger partial charge is 0.261 e. The second-order valence-corrected chi connectivity index (χ2v) is 4.39. The number of pyridine rings is 1. The lowest BCUT2D eigenvalue weighted by atomic mass is 9.90. The van der Waals surface area contributed by atoms with Crippen LogP contribution >= 0.6 is 0 Å². The maximum Gasteiger partial charge on any atom is 0.0992 e. The molecule has 0 bridgehead atoms. The first kappa shape index (κ1) is 9.73. The molecule has 0 aromatic carbocycles. The van der Waals surface area contributed by atoms with Gasteiger partial charge in [-0.3, -0.25) is 4.98 Å². The summed E-state index contributed by atoms with van der Waals surface area (Å²) in [5.74, 6) is 0. The Balaban J connectivity index is 2.86. The van der Waals surface area contributed by atoms with Gasteiger partial charge in [0.05, 0.1) is 11.6 Å². The van der Waals surface area contributed by atoms with E-state index in [1.807, 2.05) is 6.07 Å². The Morgan fingerprint density at radius 1 is 1.46 bits per heavy atom. The molecule has 0 amide bonds. The second kappa shape index (κ2) is 3.57. The van der Waals surface area contributed by atoms with Gasteiger partial charge in [0.15, 0.2) is 0 Å². The van der Waals surface area contributed by atoms with Crippen LogP contribution in [0.1, 0.15) is 32.0 Å². The summed E-state index contributed by atoms with van der Waals surface area (Å²) in [4.78, 5) is 4.22. The van der Waals surface area contributed by atoms with Crippen molar-refractivity contribution in [2.75, 3.05) is 0 Å². The molecule has 13 heavy (non-hydrogen) atoms. The van der Waals surface area contributed by atoms with Crippen LogP contribution in [0.5, 0.6) is 0 Å². The van der Waals surface area contributed by atoms with E-state index in [9.17, 15) is 0 Å². The fraction of sp³-hybridized carbons (Fsp3) is 0.455. The van der Waals surface area contributed by atoms with Gasteiger partial charge in [0.25, 0.3) is 0 Å². The number of hydrogen-bond acceptors (Lipinski definition) is 2. The predicted octanol–water partition coefficient (Wildman–Crippen LogP) is 2.54. The van der Waals surface area contributed by atoms with E-state index in [-0.39, 0.29) is 5.41 Å². The molecule has 0 saturated carbocycles. The summed E-state index contributed by atoms with van der Waals surface area (Å²) in [6.07, 6.45) is 2.60. The van der Waals surface area contributed by atoms with Crippen molar-refractivity contribution in [1.29, 1.82) is 5.26 Å². The van der Waals surface area contributed by atoms with Crippen LogP contribution in [0.2, 0.25) is 0 Å². The zero-order chi connectivity index (χ0) is 9.90. The van der Waals surface area contributed by atoms with E-state index in [1.165, 1.54) is 0 Å². The van der Waals surface area contributed by atoms with Crippen LogP contribution in [0.25, 0.3) is 0 Å². The molecule has 0 N–H and O–H groups in total. The quantitative estimate of drug-likeness (QED) is 0.656. The van der Waals surface area contributed by atoms with Gasteiger partial charge in [-0.15, -0.1) is 0 Å². The highest BCUT2D eigenvalue weighted by atomic mass is 14.7. The van der Waals surface area contributed by atoms with Crippen LogP contribution in [-0.2, 0) is 6.42 Å². The molecule has 1 rings (SSSR count). The Morgan fingerprint density at radius 2 is 2.15 bits per heavy atom. The van der Waals surface area contributed by atoms with Crippen molar-refractivity contribution in [3.63, 3.8) is 0 Å². The van der Waals surface area contributed by atoms with Crippen molar-refractivity contribution in [3.8, 4) is 6.07 Å². The first-order chi connectivity index (χ1) is 6.01. The van der Waals surface area contributed by atoms with E-state index in [1.54, 1.807) is 12.3 Å². The van der Waals surface area contributed by atoms with E-state index in [0.717, 1.165) is 12.1 Å². The molecule has 2 nitrogen and oxygen atoms in total. The Kier molecular flexibility index (Phi) is 2.67. The summed E-state index contributed by atoms with van der Waals surface area (Å²) in [5, 5.41) is 8.68. The molecule has 0 aliphatic heterocycles. The summed E-state index contributed by atoms with van der Waals surface area (Å²) in [6, 6.07) is 5.69. The third kappa shape index (κ3) is 3.25. The summed E-state index contributed by atoms with van der Waals surface area (Å²) in [7, 11) is 0. The molecular formula is C11H14N2. The molecule has 0 atom stereocenters. The first-order valence-electron chi connectivity index (χ1n) is 4.36. The van der Waals surface area contributed by atoms with Crippen LogP contribution in [-0.4, -0.2) is 4.98 Å². The molecule has 0 aliphatic rings. The lowest BCUT2D eigenvalue weighted by Crippen LogP contribution is -2.10. The lowest BCUT2D eigenvalue weighted by Gasteiger charge is -2.16. The zero-order valence-electron chi connectivity index (χ0n) is 8.33.